The predicted molar refractivity (Wildman–Crippen MR) is 141 cm³/mol. The maximum Gasteiger partial charge on any atom is 0.325 e. The highest BCUT2D eigenvalue weighted by atomic mass is 16.5. The zero-order valence-corrected chi connectivity index (χ0v) is 21.6. The Morgan fingerprint density at radius 1 is 1.05 bits per heavy atom. The number of fused-ring (bicyclic) bond motifs is 1. The number of aryl methyl sites for hydroxylation is 2. The zero-order chi connectivity index (χ0) is 26.2. The van der Waals surface area contributed by atoms with E-state index in [2.05, 4.69) is 6.07 Å². The Balaban J connectivity index is 1.48. The minimum Gasteiger partial charge on any atom is -0.465 e. The fraction of sp³-hybridized carbons (Fsp3) is 0.467. The number of benzene rings is 2. The molecule has 37 heavy (non-hydrogen) atoms. The Bertz CT molecular complexity index is 1160. The van der Waals surface area contributed by atoms with Gasteiger partial charge in [0.1, 0.15) is 6.54 Å². The van der Waals surface area contributed by atoms with Crippen LogP contribution in [0.25, 0.3) is 0 Å². The van der Waals surface area contributed by atoms with E-state index in [1.165, 1.54) is 0 Å². The number of hydrogen-bond acceptors (Lipinski definition) is 5. The molecule has 194 valence electrons. The molecule has 0 saturated heterocycles. The smallest absolute Gasteiger partial charge is 0.325 e. The van der Waals surface area contributed by atoms with E-state index in [4.69, 9.17) is 10.00 Å². The summed E-state index contributed by atoms with van der Waals surface area (Å²) in [7, 11) is 0. The first-order valence-corrected chi connectivity index (χ1v) is 13.4. The van der Waals surface area contributed by atoms with Crippen molar-refractivity contribution < 1.29 is 19.1 Å². The molecule has 1 aliphatic heterocycles. The Morgan fingerprint density at radius 3 is 2.51 bits per heavy atom. The number of rotatable bonds is 8. The van der Waals surface area contributed by atoms with Gasteiger partial charge in [0.2, 0.25) is 5.91 Å². The van der Waals surface area contributed by atoms with Crippen molar-refractivity contribution in [3.63, 3.8) is 0 Å². The lowest BCUT2D eigenvalue weighted by atomic mass is 9.93. The summed E-state index contributed by atoms with van der Waals surface area (Å²) in [6, 6.07) is 15.0. The molecule has 0 atom stereocenters. The summed E-state index contributed by atoms with van der Waals surface area (Å²) in [5, 5.41) is 8.97. The molecule has 2 aromatic rings. The van der Waals surface area contributed by atoms with Crippen LogP contribution in [0.2, 0.25) is 0 Å². The molecule has 7 nitrogen and oxygen atoms in total. The molecule has 1 heterocycles. The van der Waals surface area contributed by atoms with E-state index in [1.54, 1.807) is 30.0 Å². The van der Waals surface area contributed by atoms with Gasteiger partial charge in [-0.2, -0.15) is 5.26 Å². The predicted octanol–water partition coefficient (Wildman–Crippen LogP) is 4.81. The molecular formula is C30H35N3O4. The molecule has 2 aromatic carbocycles. The van der Waals surface area contributed by atoms with Crippen LogP contribution in [-0.4, -0.2) is 48.4 Å². The fourth-order valence-electron chi connectivity index (χ4n) is 5.39. The Morgan fingerprint density at radius 2 is 1.81 bits per heavy atom. The first kappa shape index (κ1) is 26.4. The van der Waals surface area contributed by atoms with E-state index in [0.717, 1.165) is 61.8 Å². The lowest BCUT2D eigenvalue weighted by molar-refractivity contribution is -0.144. The summed E-state index contributed by atoms with van der Waals surface area (Å²) in [5.74, 6) is -0.471. The number of nitriles is 1. The van der Waals surface area contributed by atoms with Gasteiger partial charge in [-0.15, -0.1) is 0 Å². The van der Waals surface area contributed by atoms with Gasteiger partial charge in [0.25, 0.3) is 5.91 Å². The standard InChI is InChI=1S/C30H35N3O4/c1-2-37-29(35)21-33(26-8-4-3-5-9-26)30(36)25-15-16-27-24(19-25)7-6-18-32(27)28(34)17-14-22-10-12-23(20-31)13-11-22/h10-13,15-16,19,26H,2-9,14,17-18,21H2,1H3. The average Bonchev–Trinajstić information content (AvgIpc) is 2.94. The molecule has 4 rings (SSSR count). The largest absolute Gasteiger partial charge is 0.465 e. The first-order valence-electron chi connectivity index (χ1n) is 13.4. The van der Waals surface area contributed by atoms with Gasteiger partial charge in [0.15, 0.2) is 0 Å². The second-order valence-electron chi connectivity index (χ2n) is 9.83. The molecule has 2 amide bonds. The summed E-state index contributed by atoms with van der Waals surface area (Å²) in [4.78, 5) is 42.6. The highest BCUT2D eigenvalue weighted by Crippen LogP contribution is 2.30. The van der Waals surface area contributed by atoms with Gasteiger partial charge < -0.3 is 14.5 Å². The van der Waals surface area contributed by atoms with Crippen molar-refractivity contribution in [3.05, 3.63) is 64.7 Å². The molecule has 2 aliphatic rings. The van der Waals surface area contributed by atoms with Crippen LogP contribution in [0.15, 0.2) is 42.5 Å². The van der Waals surface area contributed by atoms with Crippen LogP contribution < -0.4 is 4.90 Å². The van der Waals surface area contributed by atoms with Crippen molar-refractivity contribution in [3.8, 4) is 6.07 Å². The molecule has 1 saturated carbocycles. The summed E-state index contributed by atoms with van der Waals surface area (Å²) in [6.07, 6.45) is 7.70. The van der Waals surface area contributed by atoms with Gasteiger partial charge in [0, 0.05) is 30.3 Å². The normalized spacial score (nSPS) is 15.4. The highest BCUT2D eigenvalue weighted by Gasteiger charge is 2.30. The first-order chi connectivity index (χ1) is 18.0. The minimum absolute atomic E-state index is 0.0334. The van der Waals surface area contributed by atoms with Crippen molar-refractivity contribution in [2.75, 3.05) is 24.6 Å². The van der Waals surface area contributed by atoms with Crippen molar-refractivity contribution in [2.45, 2.75) is 70.8 Å². The quantitative estimate of drug-likeness (QED) is 0.484. The van der Waals surface area contributed by atoms with Crippen LogP contribution in [0.1, 0.15) is 78.9 Å². The third kappa shape index (κ3) is 6.56. The van der Waals surface area contributed by atoms with Crippen molar-refractivity contribution in [1.29, 1.82) is 5.26 Å². The highest BCUT2D eigenvalue weighted by molar-refractivity contribution is 5.99. The maximum absolute atomic E-state index is 13.6. The Hall–Kier alpha value is -3.66. The van der Waals surface area contributed by atoms with Gasteiger partial charge in [0.05, 0.1) is 18.2 Å². The number of amides is 2. The number of nitrogens with zero attached hydrogens (tertiary/aromatic N) is 3. The lowest BCUT2D eigenvalue weighted by Crippen LogP contribution is -2.45. The molecule has 0 bridgehead atoms. The molecule has 1 fully saturated rings. The number of carbonyl (C=O) groups is 3. The summed E-state index contributed by atoms with van der Waals surface area (Å²) >= 11 is 0. The number of esters is 1. The van der Waals surface area contributed by atoms with E-state index in [-0.39, 0.29) is 30.4 Å². The molecule has 0 aromatic heterocycles. The Labute approximate surface area is 219 Å². The average molecular weight is 502 g/mol. The van der Waals surface area contributed by atoms with Gasteiger partial charge >= 0.3 is 5.97 Å². The number of carbonyl (C=O) groups excluding carboxylic acids is 3. The summed E-state index contributed by atoms with van der Waals surface area (Å²) in [6.45, 7) is 2.68. The Kier molecular flexibility index (Phi) is 8.95. The topological polar surface area (TPSA) is 90.7 Å². The third-order valence-corrected chi connectivity index (χ3v) is 7.34. The second kappa shape index (κ2) is 12.5. The SMILES string of the molecule is CCOC(=O)CN(C(=O)c1ccc2c(c1)CCCN2C(=O)CCc1ccc(C#N)cc1)C1CCCCC1. The van der Waals surface area contributed by atoms with Crippen LogP contribution >= 0.6 is 0 Å². The van der Waals surface area contributed by atoms with Crippen molar-refractivity contribution in [2.24, 2.45) is 0 Å². The zero-order valence-electron chi connectivity index (χ0n) is 21.6. The molecule has 0 radical (unpaired) electrons. The number of anilines is 1. The van der Waals surface area contributed by atoms with Crippen LogP contribution in [-0.2, 0) is 27.2 Å². The van der Waals surface area contributed by atoms with Crippen LogP contribution in [0.3, 0.4) is 0 Å². The van der Waals surface area contributed by atoms with Gasteiger partial charge in [-0.3, -0.25) is 14.4 Å². The molecule has 0 spiro atoms. The van der Waals surface area contributed by atoms with Gasteiger partial charge in [-0.1, -0.05) is 31.4 Å². The van der Waals surface area contributed by atoms with Crippen molar-refractivity contribution in [1.82, 2.24) is 4.90 Å². The van der Waals surface area contributed by atoms with E-state index in [1.807, 2.05) is 29.2 Å². The molecular weight excluding hydrogens is 466 g/mol. The van der Waals surface area contributed by atoms with Crippen LogP contribution in [0, 0.1) is 11.3 Å². The minimum atomic E-state index is -0.376. The molecule has 0 unspecified atom stereocenters. The number of hydrogen-bond donors (Lipinski definition) is 0. The van der Waals surface area contributed by atoms with E-state index in [9.17, 15) is 14.4 Å². The van der Waals surface area contributed by atoms with E-state index in [0.29, 0.717) is 37.1 Å². The maximum atomic E-state index is 13.6. The summed E-state index contributed by atoms with van der Waals surface area (Å²) in [5.41, 5.74) is 4.04. The molecule has 1 aliphatic carbocycles. The van der Waals surface area contributed by atoms with Crippen LogP contribution in [0.4, 0.5) is 5.69 Å². The number of ether oxygens (including phenoxy) is 1. The summed E-state index contributed by atoms with van der Waals surface area (Å²) < 4.78 is 5.16. The van der Waals surface area contributed by atoms with Gasteiger partial charge in [-0.25, -0.2) is 0 Å². The third-order valence-electron chi connectivity index (χ3n) is 7.34. The van der Waals surface area contributed by atoms with Gasteiger partial charge in [-0.05, 0) is 80.5 Å². The lowest BCUT2D eigenvalue weighted by Gasteiger charge is -2.34. The van der Waals surface area contributed by atoms with Crippen molar-refractivity contribution >= 4 is 23.5 Å². The van der Waals surface area contributed by atoms with E-state index >= 15 is 0 Å². The second-order valence-corrected chi connectivity index (χ2v) is 9.83. The molecule has 0 N–H and O–H groups in total. The van der Waals surface area contributed by atoms with E-state index < -0.39 is 0 Å². The van der Waals surface area contributed by atoms with Crippen LogP contribution in [0.5, 0.6) is 0 Å². The monoisotopic (exact) mass is 501 g/mol. The fourth-order valence-corrected chi connectivity index (χ4v) is 5.39. The molecule has 7 heteroatoms.